The van der Waals surface area contributed by atoms with Crippen molar-refractivity contribution >= 4 is 44.4 Å². The highest BCUT2D eigenvalue weighted by Gasteiger charge is 2.55. The number of thiazole rings is 1. The molecular weight excluding hydrogens is 461 g/mol. The van der Waals surface area contributed by atoms with Crippen molar-refractivity contribution < 1.29 is 36.6 Å². The molecule has 31 heavy (non-hydrogen) atoms. The number of carbonyl (C=O) groups is 1. The van der Waals surface area contributed by atoms with Crippen molar-refractivity contribution in [1.82, 2.24) is 4.98 Å². The van der Waals surface area contributed by atoms with Gasteiger partial charge in [0.05, 0.1) is 5.75 Å². The second-order valence-electron chi connectivity index (χ2n) is 6.40. The summed E-state index contributed by atoms with van der Waals surface area (Å²) in [6, 6.07) is 3.26. The fourth-order valence-electron chi connectivity index (χ4n) is 2.39. The number of alkyl halides is 3. The molecular formula is C17H19F3N4O5S2. The van der Waals surface area contributed by atoms with Crippen molar-refractivity contribution in [3.05, 3.63) is 41.4 Å². The second-order valence-corrected chi connectivity index (χ2v) is 9.08. The van der Waals surface area contributed by atoms with Crippen LogP contribution in [0.5, 0.6) is 0 Å². The summed E-state index contributed by atoms with van der Waals surface area (Å²) in [5.41, 5.74) is 1.64. The number of nitrogens with two attached hydrogens (primary N) is 1. The predicted molar refractivity (Wildman–Crippen MR) is 109 cm³/mol. The van der Waals surface area contributed by atoms with Crippen molar-refractivity contribution in [1.29, 1.82) is 0 Å². The topological polar surface area (TPSA) is 155 Å². The molecule has 14 heteroatoms. The van der Waals surface area contributed by atoms with Crippen molar-refractivity contribution in [3.8, 4) is 0 Å². The number of carboxylic acids is 1. The molecule has 2 aromatic rings. The van der Waals surface area contributed by atoms with Crippen LogP contribution in [-0.2, 0) is 20.4 Å². The number of nitrogens with zero attached hydrogens (tertiary/aromatic N) is 2. The van der Waals surface area contributed by atoms with Crippen LogP contribution < -0.4 is 11.1 Å². The Hall–Kier alpha value is -2.55. The summed E-state index contributed by atoms with van der Waals surface area (Å²) in [4.78, 5) is 14.6. The van der Waals surface area contributed by atoms with Crippen LogP contribution in [0.1, 0.15) is 18.4 Å². The Balaban J connectivity index is 2.15. The van der Waals surface area contributed by atoms with Crippen LogP contribution in [0, 0.1) is 0 Å². The highest BCUT2D eigenvalue weighted by Crippen LogP contribution is 2.42. The molecule has 1 aromatic carbocycles. The van der Waals surface area contributed by atoms with Gasteiger partial charge in [-0.25, -0.2) is 13.4 Å². The summed E-state index contributed by atoms with van der Waals surface area (Å²) >= 11 is 1.28. The molecule has 5 N–H and O–H groups in total. The van der Waals surface area contributed by atoms with Crippen LogP contribution in [0.25, 0.3) is 0 Å². The Morgan fingerprint density at radius 2 is 1.97 bits per heavy atom. The minimum Gasteiger partial charge on any atom is -0.480 e. The van der Waals surface area contributed by atoms with Crippen LogP contribution in [0.15, 0.2) is 40.2 Å². The number of aromatic nitrogens is 1. The zero-order valence-electron chi connectivity index (χ0n) is 15.8. The van der Waals surface area contributed by atoms with E-state index in [9.17, 15) is 31.5 Å². The van der Waals surface area contributed by atoms with Crippen molar-refractivity contribution in [3.63, 3.8) is 0 Å². The maximum atomic E-state index is 13.6. The standard InChI is InChI=1S/C17H19F3N4O5S2/c18-17(19,20)16(27,6-10-31(28,29)23-7-5-13(21)14(25)26)11-1-3-12(4-2-11)24-15-22-8-9-30-15/h1-4,7-9,13,27H,5-6,10,21H2,(H,22,24)(H,25,26)/t13-,16?/m0/s1. The minimum atomic E-state index is -5.16. The molecule has 0 aliphatic rings. The summed E-state index contributed by atoms with van der Waals surface area (Å²) in [6.07, 6.45) is -4.55. The van der Waals surface area contributed by atoms with Gasteiger partial charge >= 0.3 is 12.1 Å². The normalized spacial score (nSPS) is 15.5. The third-order valence-corrected chi connectivity index (χ3v) is 6.03. The van der Waals surface area contributed by atoms with E-state index in [2.05, 4.69) is 14.7 Å². The highest BCUT2D eigenvalue weighted by molar-refractivity contribution is 7.90. The first-order valence-corrected chi connectivity index (χ1v) is 11.1. The number of halogens is 3. The predicted octanol–water partition coefficient (Wildman–Crippen LogP) is 2.23. The Bertz CT molecular complexity index is 1010. The zero-order valence-corrected chi connectivity index (χ0v) is 17.4. The van der Waals surface area contributed by atoms with Gasteiger partial charge in [-0.2, -0.15) is 17.6 Å². The van der Waals surface area contributed by atoms with Gasteiger partial charge in [0.25, 0.3) is 10.0 Å². The molecule has 9 nitrogen and oxygen atoms in total. The number of aliphatic hydroxyl groups is 1. The SMILES string of the molecule is N[C@@H](CC=NS(=O)(=O)CCC(O)(c1ccc(Nc2nccs2)cc1)C(F)(F)F)C(=O)O. The van der Waals surface area contributed by atoms with Gasteiger partial charge in [0.1, 0.15) is 6.04 Å². The summed E-state index contributed by atoms with van der Waals surface area (Å²) < 4.78 is 67.9. The van der Waals surface area contributed by atoms with Crippen molar-refractivity contribution in [2.75, 3.05) is 11.1 Å². The Morgan fingerprint density at radius 3 is 2.48 bits per heavy atom. The van der Waals surface area contributed by atoms with Gasteiger partial charge < -0.3 is 21.3 Å². The summed E-state index contributed by atoms with van der Waals surface area (Å²) in [6.45, 7) is 0. The monoisotopic (exact) mass is 480 g/mol. The molecule has 1 unspecified atom stereocenters. The first kappa shape index (κ1) is 24.7. The third kappa shape index (κ3) is 6.72. The largest absolute Gasteiger partial charge is 0.480 e. The number of nitrogens with one attached hydrogen (secondary N) is 1. The van der Waals surface area contributed by atoms with Crippen LogP contribution in [0.4, 0.5) is 24.0 Å². The smallest absolute Gasteiger partial charge is 0.421 e. The van der Waals surface area contributed by atoms with E-state index in [0.717, 1.165) is 12.1 Å². The minimum absolute atomic E-state index is 0.425. The molecule has 0 aliphatic carbocycles. The number of hydrogen-bond acceptors (Lipinski definition) is 8. The van der Waals surface area contributed by atoms with E-state index in [4.69, 9.17) is 10.8 Å². The molecule has 0 fully saturated rings. The van der Waals surface area contributed by atoms with E-state index in [0.29, 0.717) is 17.0 Å². The maximum absolute atomic E-state index is 13.6. The highest BCUT2D eigenvalue weighted by atomic mass is 32.2. The molecule has 0 saturated carbocycles. The maximum Gasteiger partial charge on any atom is 0.421 e. The molecule has 0 radical (unpaired) electrons. The van der Waals surface area contributed by atoms with Gasteiger partial charge in [-0.1, -0.05) is 12.1 Å². The Labute approximate surface area is 179 Å². The van der Waals surface area contributed by atoms with Crippen LogP contribution in [-0.4, -0.2) is 53.8 Å². The molecule has 1 heterocycles. The molecule has 1 aromatic heterocycles. The molecule has 170 valence electrons. The number of aliphatic carboxylic acids is 1. The van der Waals surface area contributed by atoms with Gasteiger partial charge in [-0.15, -0.1) is 11.3 Å². The molecule has 2 rings (SSSR count). The molecule has 2 atom stereocenters. The van der Waals surface area contributed by atoms with E-state index >= 15 is 0 Å². The lowest BCUT2D eigenvalue weighted by Gasteiger charge is -2.30. The van der Waals surface area contributed by atoms with E-state index in [1.807, 2.05) is 0 Å². The lowest BCUT2D eigenvalue weighted by Crippen LogP contribution is -2.43. The summed E-state index contributed by atoms with van der Waals surface area (Å²) in [7, 11) is -4.41. The van der Waals surface area contributed by atoms with E-state index < -0.39 is 58.0 Å². The van der Waals surface area contributed by atoms with Gasteiger partial charge in [0, 0.05) is 36.3 Å². The molecule has 0 spiro atoms. The molecule has 0 saturated heterocycles. The lowest BCUT2D eigenvalue weighted by atomic mass is 9.90. The van der Waals surface area contributed by atoms with Crippen molar-refractivity contribution in [2.24, 2.45) is 10.1 Å². The fraction of sp³-hybridized carbons (Fsp3) is 0.353. The van der Waals surface area contributed by atoms with Crippen LogP contribution in [0.3, 0.4) is 0 Å². The number of hydrogen-bond donors (Lipinski definition) is 4. The van der Waals surface area contributed by atoms with Gasteiger partial charge in [-0.05, 0) is 17.7 Å². The molecule has 0 bridgehead atoms. The fourth-order valence-corrected chi connectivity index (χ4v) is 3.91. The summed E-state index contributed by atoms with van der Waals surface area (Å²) in [5, 5.41) is 24.1. The molecule has 0 amide bonds. The number of anilines is 2. The quantitative estimate of drug-likeness (QED) is 0.377. The van der Waals surface area contributed by atoms with Crippen LogP contribution >= 0.6 is 11.3 Å². The van der Waals surface area contributed by atoms with Gasteiger partial charge in [0.15, 0.2) is 10.7 Å². The average Bonchev–Trinajstić information content (AvgIpc) is 3.18. The Morgan fingerprint density at radius 1 is 1.32 bits per heavy atom. The number of carboxylic acid groups (broad SMARTS) is 1. The summed E-state index contributed by atoms with van der Waals surface area (Å²) in [5.74, 6) is -2.51. The van der Waals surface area contributed by atoms with Gasteiger partial charge in [0.2, 0.25) is 0 Å². The first-order chi connectivity index (χ1) is 14.3. The van der Waals surface area contributed by atoms with E-state index in [1.54, 1.807) is 11.6 Å². The molecule has 0 aliphatic heterocycles. The van der Waals surface area contributed by atoms with E-state index in [-0.39, 0.29) is 0 Å². The Kier molecular flexibility index (Phi) is 7.75. The average molecular weight is 480 g/mol. The lowest BCUT2D eigenvalue weighted by molar-refractivity contribution is -0.267. The first-order valence-electron chi connectivity index (χ1n) is 8.65. The third-order valence-electron chi connectivity index (χ3n) is 4.15. The number of benzene rings is 1. The number of sulfonamides is 1. The van der Waals surface area contributed by atoms with Gasteiger partial charge in [-0.3, -0.25) is 4.79 Å². The second kappa shape index (κ2) is 9.72. The number of rotatable bonds is 10. The van der Waals surface area contributed by atoms with Crippen LogP contribution in [0.2, 0.25) is 0 Å². The zero-order chi connectivity index (χ0) is 23.3. The van der Waals surface area contributed by atoms with Crippen molar-refractivity contribution in [2.45, 2.75) is 30.7 Å². The van der Waals surface area contributed by atoms with E-state index in [1.165, 1.54) is 23.5 Å².